The zero-order valence-corrected chi connectivity index (χ0v) is 47.2. The summed E-state index contributed by atoms with van der Waals surface area (Å²) in [5, 5.41) is 6.18. The molecule has 0 saturated heterocycles. The molecule has 7 aromatic heterocycles. The average molecular weight is 1200 g/mol. The molecule has 0 spiro atoms. The quantitative estimate of drug-likeness (QED) is 0.0662. The van der Waals surface area contributed by atoms with E-state index in [4.69, 9.17) is 63.2 Å². The number of halogens is 6. The van der Waals surface area contributed by atoms with E-state index in [0.29, 0.717) is 58.6 Å². The number of aromatic nitrogens is 8. The van der Waals surface area contributed by atoms with Gasteiger partial charge >= 0.3 is 12.1 Å². The van der Waals surface area contributed by atoms with Crippen LogP contribution in [0.2, 0.25) is 15.1 Å². The minimum atomic E-state index is -0.678. The van der Waals surface area contributed by atoms with Gasteiger partial charge in [-0.3, -0.25) is 24.7 Å². The van der Waals surface area contributed by atoms with Crippen molar-refractivity contribution in [3.05, 3.63) is 203 Å². The highest BCUT2D eigenvalue weighted by atomic mass is 35.5. The fraction of sp³-hybridized carbons (Fsp3) is 0.102. The number of thiocarbonyl (C=S) groups is 2. The molecule has 0 radical (unpaired) electrons. The van der Waals surface area contributed by atoms with Gasteiger partial charge in [0.05, 0.1) is 56.9 Å². The second-order valence-electron chi connectivity index (χ2n) is 16.9. The van der Waals surface area contributed by atoms with Crippen molar-refractivity contribution in [2.24, 2.45) is 4.99 Å². The van der Waals surface area contributed by atoms with Crippen LogP contribution in [0.4, 0.5) is 29.7 Å². The van der Waals surface area contributed by atoms with Crippen LogP contribution in [0, 0.1) is 17.5 Å². The SMILES string of the molecule is CCOC(=O)CC(=S)Cc1ccc(-c2cccnc2-c2ccc(F)c(Cl)c2)cn1.CCOC(=O)N=C=S.Nc1ccc(-c2cccnc2-c2ccc(F)c(Cl)c2)cn1.Nc1nc2ccc(-c3cccnc3-c3ccc(F)c(Cl)c3)cn2n1. The van der Waals surface area contributed by atoms with E-state index >= 15 is 0 Å². The Bertz CT molecular complexity index is 3950. The summed E-state index contributed by atoms with van der Waals surface area (Å²) >= 11 is 27.1. The first-order valence-electron chi connectivity index (χ1n) is 24.5. The number of ether oxygens (including phenoxy) is 2. The first-order valence-corrected chi connectivity index (χ1v) is 26.4. The van der Waals surface area contributed by atoms with Crippen molar-refractivity contribution >= 4 is 98.7 Å². The van der Waals surface area contributed by atoms with E-state index in [1.807, 2.05) is 78.1 Å². The molecule has 0 atom stereocenters. The molecule has 23 heteroatoms. The smallest absolute Gasteiger partial charge is 0.442 e. The monoisotopic (exact) mass is 1200 g/mol. The highest BCUT2D eigenvalue weighted by molar-refractivity contribution is 7.80. The standard InChI is InChI=1S/C22H18ClFN2O2S.C17H11ClFN5.C16H11ClFN3.C4H5NO2S/c1-2-28-21(27)12-17(29)11-16-7-5-15(13-26-16)18-4-3-9-25-22(18)14-6-8-20(24)19(23)10-14;18-13-8-10(3-5-14(13)19)16-12(2-1-7-21-16)11-4-6-15-22-17(20)23-24(15)9-11;17-13-8-10(3-5-14(13)18)16-12(2-1-7-20-16)11-4-6-15(19)21-9-11;1-2-7-4(6)5-3-8/h3-10,13H,2,11-12H2,1H3;1-9H,(H2,20,23);1-9H,(H2,19,21);2H2,1H3. The molecule has 0 aliphatic rings. The van der Waals surface area contributed by atoms with Crippen molar-refractivity contribution in [3.8, 4) is 67.2 Å². The first kappa shape index (κ1) is 60.8. The summed E-state index contributed by atoms with van der Waals surface area (Å²) in [5.41, 5.74) is 22.2. The number of nitrogen functional groups attached to an aromatic ring is 2. The lowest BCUT2D eigenvalue weighted by Gasteiger charge is -2.10. The molecule has 10 rings (SSSR count). The fourth-order valence-corrected chi connectivity index (χ4v) is 8.56. The van der Waals surface area contributed by atoms with E-state index in [-0.39, 0.29) is 33.4 Å². The van der Waals surface area contributed by atoms with Crippen LogP contribution in [-0.2, 0) is 20.7 Å². The minimum absolute atomic E-state index is 0.0442. The van der Waals surface area contributed by atoms with Gasteiger partial charge in [-0.25, -0.2) is 27.5 Å². The van der Waals surface area contributed by atoms with Gasteiger partial charge in [-0.2, -0.15) is 4.98 Å². The minimum Gasteiger partial charge on any atom is -0.466 e. The number of nitrogens with two attached hydrogens (primary N) is 2. The summed E-state index contributed by atoms with van der Waals surface area (Å²) in [6.07, 6.45) is 10.1. The Kier molecular flexibility index (Phi) is 21.9. The molecule has 414 valence electrons. The average Bonchev–Trinajstić information content (AvgIpc) is 3.97. The summed E-state index contributed by atoms with van der Waals surface area (Å²) in [6.45, 7) is 4.10. The van der Waals surface area contributed by atoms with Crippen LogP contribution in [-0.4, -0.2) is 74.8 Å². The molecular weight excluding hydrogens is 1150 g/mol. The van der Waals surface area contributed by atoms with Crippen LogP contribution in [0.5, 0.6) is 0 Å². The maximum Gasteiger partial charge on any atom is 0.442 e. The second-order valence-corrected chi connectivity index (χ2v) is 18.9. The summed E-state index contributed by atoms with van der Waals surface area (Å²) in [5.74, 6) is -1.05. The largest absolute Gasteiger partial charge is 0.466 e. The highest BCUT2D eigenvalue weighted by Crippen LogP contribution is 2.35. The number of hydrogen-bond donors (Lipinski definition) is 2. The van der Waals surface area contributed by atoms with Gasteiger partial charge in [0.2, 0.25) is 5.95 Å². The first-order chi connectivity index (χ1) is 39.5. The lowest BCUT2D eigenvalue weighted by molar-refractivity contribution is -0.141. The number of esters is 1. The number of anilines is 2. The van der Waals surface area contributed by atoms with E-state index in [0.717, 1.165) is 50.2 Å². The Morgan fingerprint density at radius 3 is 1.51 bits per heavy atom. The van der Waals surface area contributed by atoms with Crippen LogP contribution >= 0.6 is 59.2 Å². The number of carbonyl (C=O) groups is 2. The van der Waals surface area contributed by atoms with Crippen LogP contribution in [0.1, 0.15) is 26.0 Å². The fourth-order valence-electron chi connectivity index (χ4n) is 7.68. The van der Waals surface area contributed by atoms with Crippen molar-refractivity contribution in [2.75, 3.05) is 24.7 Å². The van der Waals surface area contributed by atoms with Crippen molar-refractivity contribution in [1.29, 1.82) is 0 Å². The molecule has 0 aliphatic heterocycles. The van der Waals surface area contributed by atoms with Gasteiger partial charge in [0.1, 0.15) is 23.3 Å². The van der Waals surface area contributed by atoms with Crippen molar-refractivity contribution < 1.29 is 32.2 Å². The molecule has 10 aromatic rings. The number of hydrogen-bond acceptors (Lipinski definition) is 15. The van der Waals surface area contributed by atoms with Gasteiger partial charge in [0.25, 0.3) is 0 Å². The number of rotatable bonds is 12. The predicted molar refractivity (Wildman–Crippen MR) is 321 cm³/mol. The maximum atomic E-state index is 13.5. The molecule has 0 bridgehead atoms. The topological polar surface area (TPSA) is 212 Å². The summed E-state index contributed by atoms with van der Waals surface area (Å²) in [7, 11) is 0. The maximum absolute atomic E-state index is 13.5. The van der Waals surface area contributed by atoms with Gasteiger partial charge in [0, 0.05) is 104 Å². The normalized spacial score (nSPS) is 10.4. The number of aliphatic imine (C=N–C) groups is 1. The highest BCUT2D eigenvalue weighted by Gasteiger charge is 2.16. The molecule has 7 heterocycles. The molecule has 1 amide bonds. The molecule has 82 heavy (non-hydrogen) atoms. The van der Waals surface area contributed by atoms with Crippen molar-refractivity contribution in [3.63, 3.8) is 0 Å². The molecule has 0 aliphatic carbocycles. The van der Waals surface area contributed by atoms with E-state index in [1.165, 1.54) is 18.2 Å². The van der Waals surface area contributed by atoms with Gasteiger partial charge in [-0.15, -0.1) is 10.1 Å². The molecule has 0 unspecified atom stereocenters. The molecule has 0 fully saturated rings. The predicted octanol–water partition coefficient (Wildman–Crippen LogP) is 14.7. The summed E-state index contributed by atoms with van der Waals surface area (Å²) in [4.78, 5) is 51.1. The summed E-state index contributed by atoms with van der Waals surface area (Å²) in [6, 6.07) is 36.0. The Labute approximate surface area is 493 Å². The van der Waals surface area contributed by atoms with Crippen LogP contribution in [0.3, 0.4) is 0 Å². The molecule has 4 N–H and O–H groups in total. The number of fused-ring (bicyclic) bond motifs is 1. The third-order valence-corrected chi connectivity index (χ3v) is 12.6. The Morgan fingerprint density at radius 2 is 1.07 bits per heavy atom. The van der Waals surface area contributed by atoms with Gasteiger partial charge in [-0.05, 0) is 129 Å². The Hall–Kier alpha value is -8.88. The van der Waals surface area contributed by atoms with E-state index < -0.39 is 23.5 Å². The zero-order chi connectivity index (χ0) is 58.7. The Morgan fingerprint density at radius 1 is 0.610 bits per heavy atom. The van der Waals surface area contributed by atoms with Crippen LogP contribution < -0.4 is 11.5 Å². The number of carbonyl (C=O) groups excluding carboxylic acids is 2. The van der Waals surface area contributed by atoms with E-state index in [9.17, 15) is 22.8 Å². The number of amides is 1. The number of nitrogens with zero attached hydrogens (tertiary/aromatic N) is 9. The zero-order valence-electron chi connectivity index (χ0n) is 43.3. The summed E-state index contributed by atoms with van der Waals surface area (Å²) < 4.78 is 51.1. The lowest BCUT2D eigenvalue weighted by atomic mass is 10.00. The van der Waals surface area contributed by atoms with E-state index in [1.54, 1.807) is 91.8 Å². The molecule has 3 aromatic carbocycles. The Balaban J connectivity index is 0.000000167. The second kappa shape index (κ2) is 29.5. The number of benzene rings is 3. The molecule has 15 nitrogen and oxygen atoms in total. The molecular formula is C59H45Cl3F3N11O4S2. The number of pyridine rings is 6. The van der Waals surface area contributed by atoms with Gasteiger partial charge in [-0.1, -0.05) is 71.3 Å². The van der Waals surface area contributed by atoms with Crippen molar-refractivity contribution in [1.82, 2.24) is 39.5 Å². The van der Waals surface area contributed by atoms with Gasteiger partial charge < -0.3 is 20.9 Å². The lowest BCUT2D eigenvalue weighted by Crippen LogP contribution is -2.12. The van der Waals surface area contributed by atoms with Crippen LogP contribution in [0.15, 0.2) is 170 Å². The van der Waals surface area contributed by atoms with Crippen LogP contribution in [0.25, 0.3) is 72.8 Å². The van der Waals surface area contributed by atoms with E-state index in [2.05, 4.69) is 56.9 Å². The third-order valence-electron chi connectivity index (χ3n) is 11.3. The molecule has 0 saturated carbocycles. The van der Waals surface area contributed by atoms with Crippen molar-refractivity contribution in [2.45, 2.75) is 26.7 Å². The third kappa shape index (κ3) is 16.6. The number of isothiocyanates is 1. The van der Waals surface area contributed by atoms with Gasteiger partial charge in [0.15, 0.2) is 5.65 Å².